The largest absolute Gasteiger partial charge is 0.298 e. The van der Waals surface area contributed by atoms with E-state index in [4.69, 9.17) is 0 Å². The molecule has 0 aromatic heterocycles. The molecule has 0 aromatic carbocycles. The van der Waals surface area contributed by atoms with Crippen LogP contribution in [0.15, 0.2) is 0 Å². The molecule has 1 heteroatoms. The van der Waals surface area contributed by atoms with Crippen molar-refractivity contribution >= 4 is 0 Å². The van der Waals surface area contributed by atoms with E-state index in [9.17, 15) is 0 Å². The number of rotatable bonds is 1. The van der Waals surface area contributed by atoms with Crippen molar-refractivity contribution in [3.05, 3.63) is 0 Å². The molecule has 0 unspecified atom stereocenters. The Morgan fingerprint density at radius 2 is 1.91 bits per heavy atom. The van der Waals surface area contributed by atoms with Gasteiger partial charge >= 0.3 is 0 Å². The van der Waals surface area contributed by atoms with E-state index in [1.54, 1.807) is 0 Å². The standard InChI is InChI=1S/C10H21N/c1-8(2)11-6-5-9(3)7-10(11)4/h8-10H,5-7H2,1-4H3/t9-,10+/m1/s1. The summed E-state index contributed by atoms with van der Waals surface area (Å²) in [6.45, 7) is 10.6. The Morgan fingerprint density at radius 3 is 2.36 bits per heavy atom. The maximum absolute atomic E-state index is 2.61. The van der Waals surface area contributed by atoms with Crippen LogP contribution in [-0.4, -0.2) is 23.5 Å². The third kappa shape index (κ3) is 2.19. The molecule has 0 aromatic rings. The number of hydrogen-bond acceptors (Lipinski definition) is 1. The zero-order chi connectivity index (χ0) is 8.43. The Bertz CT molecular complexity index is 120. The maximum atomic E-state index is 2.61. The molecule has 1 saturated heterocycles. The predicted octanol–water partition coefficient (Wildman–Crippen LogP) is 2.52. The highest BCUT2D eigenvalue weighted by molar-refractivity contribution is 4.78. The van der Waals surface area contributed by atoms with Crippen LogP contribution in [0.5, 0.6) is 0 Å². The molecular formula is C10H21N. The van der Waals surface area contributed by atoms with E-state index in [2.05, 4.69) is 32.6 Å². The first kappa shape index (κ1) is 9.05. The molecular weight excluding hydrogens is 134 g/mol. The fourth-order valence-corrected chi connectivity index (χ4v) is 2.19. The van der Waals surface area contributed by atoms with Crippen molar-refractivity contribution in [2.45, 2.75) is 52.6 Å². The van der Waals surface area contributed by atoms with Crippen LogP contribution in [0, 0.1) is 5.92 Å². The van der Waals surface area contributed by atoms with Gasteiger partial charge in [-0.05, 0) is 46.1 Å². The van der Waals surface area contributed by atoms with E-state index in [0.29, 0.717) is 0 Å². The molecule has 0 spiro atoms. The first-order chi connectivity index (χ1) is 5.11. The van der Waals surface area contributed by atoms with Crippen molar-refractivity contribution in [2.24, 2.45) is 5.92 Å². The van der Waals surface area contributed by atoms with Crippen LogP contribution in [0.25, 0.3) is 0 Å². The SMILES string of the molecule is CC(C)N1CC[C@@H](C)C[C@@H]1C. The first-order valence-corrected chi connectivity index (χ1v) is 4.87. The lowest BCUT2D eigenvalue weighted by atomic mass is 9.92. The Kier molecular flexibility index (Phi) is 2.94. The topological polar surface area (TPSA) is 3.24 Å². The molecule has 0 N–H and O–H groups in total. The Hall–Kier alpha value is -0.0400. The van der Waals surface area contributed by atoms with Crippen LogP contribution in [0.2, 0.25) is 0 Å². The summed E-state index contributed by atoms with van der Waals surface area (Å²) in [5, 5.41) is 0. The second-order valence-corrected chi connectivity index (χ2v) is 4.31. The van der Waals surface area contributed by atoms with Gasteiger partial charge in [-0.3, -0.25) is 4.90 Å². The summed E-state index contributed by atoms with van der Waals surface area (Å²) >= 11 is 0. The van der Waals surface area contributed by atoms with Gasteiger partial charge in [0.15, 0.2) is 0 Å². The molecule has 1 fully saturated rings. The summed E-state index contributed by atoms with van der Waals surface area (Å²) in [6.07, 6.45) is 2.78. The van der Waals surface area contributed by atoms with Crippen LogP contribution >= 0.6 is 0 Å². The lowest BCUT2D eigenvalue weighted by molar-refractivity contribution is 0.0974. The highest BCUT2D eigenvalue weighted by Gasteiger charge is 2.23. The maximum Gasteiger partial charge on any atom is 0.00721 e. The van der Waals surface area contributed by atoms with Crippen LogP contribution in [-0.2, 0) is 0 Å². The molecule has 0 saturated carbocycles. The molecule has 1 nitrogen and oxygen atoms in total. The van der Waals surface area contributed by atoms with Crippen LogP contribution in [0.4, 0.5) is 0 Å². The van der Waals surface area contributed by atoms with E-state index >= 15 is 0 Å². The average molecular weight is 155 g/mol. The van der Waals surface area contributed by atoms with E-state index in [-0.39, 0.29) is 0 Å². The van der Waals surface area contributed by atoms with Gasteiger partial charge in [0.2, 0.25) is 0 Å². The molecule has 1 aliphatic heterocycles. The smallest absolute Gasteiger partial charge is 0.00721 e. The van der Waals surface area contributed by atoms with Gasteiger partial charge in [0, 0.05) is 12.1 Å². The van der Waals surface area contributed by atoms with E-state index in [1.807, 2.05) is 0 Å². The highest BCUT2D eigenvalue weighted by atomic mass is 15.2. The summed E-state index contributed by atoms with van der Waals surface area (Å²) in [5.41, 5.74) is 0. The molecule has 1 rings (SSSR count). The molecule has 0 amide bonds. The zero-order valence-electron chi connectivity index (χ0n) is 8.30. The molecule has 0 aliphatic carbocycles. The lowest BCUT2D eigenvalue weighted by Gasteiger charge is -2.39. The summed E-state index contributed by atoms with van der Waals surface area (Å²) < 4.78 is 0. The molecule has 1 heterocycles. The fraction of sp³-hybridized carbons (Fsp3) is 1.00. The lowest BCUT2D eigenvalue weighted by Crippen LogP contribution is -2.44. The zero-order valence-corrected chi connectivity index (χ0v) is 8.30. The third-order valence-corrected chi connectivity index (χ3v) is 2.85. The van der Waals surface area contributed by atoms with Crippen molar-refractivity contribution in [2.75, 3.05) is 6.54 Å². The minimum Gasteiger partial charge on any atom is -0.298 e. The van der Waals surface area contributed by atoms with Crippen LogP contribution in [0.1, 0.15) is 40.5 Å². The summed E-state index contributed by atoms with van der Waals surface area (Å²) in [4.78, 5) is 2.61. The quantitative estimate of drug-likeness (QED) is 0.562. The number of hydrogen-bond donors (Lipinski definition) is 0. The monoisotopic (exact) mass is 155 g/mol. The fourth-order valence-electron chi connectivity index (χ4n) is 2.19. The van der Waals surface area contributed by atoms with Gasteiger partial charge in [-0.2, -0.15) is 0 Å². The molecule has 0 radical (unpaired) electrons. The first-order valence-electron chi connectivity index (χ1n) is 4.87. The summed E-state index contributed by atoms with van der Waals surface area (Å²) in [7, 11) is 0. The van der Waals surface area contributed by atoms with Crippen molar-refractivity contribution in [3.63, 3.8) is 0 Å². The molecule has 11 heavy (non-hydrogen) atoms. The van der Waals surface area contributed by atoms with Crippen LogP contribution in [0.3, 0.4) is 0 Å². The number of piperidine rings is 1. The molecule has 1 aliphatic rings. The summed E-state index contributed by atoms with van der Waals surface area (Å²) in [5.74, 6) is 0.944. The second kappa shape index (κ2) is 3.57. The molecule has 2 atom stereocenters. The van der Waals surface area contributed by atoms with Crippen molar-refractivity contribution in [1.82, 2.24) is 4.90 Å². The summed E-state index contributed by atoms with van der Waals surface area (Å²) in [6, 6.07) is 1.54. The van der Waals surface area contributed by atoms with Gasteiger partial charge < -0.3 is 0 Å². The van der Waals surface area contributed by atoms with Gasteiger partial charge in [-0.1, -0.05) is 6.92 Å². The number of likely N-dealkylation sites (tertiary alicyclic amines) is 1. The normalized spacial score (nSPS) is 34.6. The Morgan fingerprint density at radius 1 is 1.27 bits per heavy atom. The minimum atomic E-state index is 0.734. The van der Waals surface area contributed by atoms with Crippen molar-refractivity contribution in [3.8, 4) is 0 Å². The van der Waals surface area contributed by atoms with Crippen molar-refractivity contribution < 1.29 is 0 Å². The molecule has 0 bridgehead atoms. The van der Waals surface area contributed by atoms with Crippen molar-refractivity contribution in [1.29, 1.82) is 0 Å². The number of nitrogens with zero attached hydrogens (tertiary/aromatic N) is 1. The van der Waals surface area contributed by atoms with Gasteiger partial charge in [0.1, 0.15) is 0 Å². The Balaban J connectivity index is 2.44. The third-order valence-electron chi connectivity index (χ3n) is 2.85. The molecule has 66 valence electrons. The van der Waals surface area contributed by atoms with Gasteiger partial charge in [-0.25, -0.2) is 0 Å². The Labute approximate surface area is 70.8 Å². The van der Waals surface area contributed by atoms with Gasteiger partial charge in [0.25, 0.3) is 0 Å². The van der Waals surface area contributed by atoms with Gasteiger partial charge in [0.05, 0.1) is 0 Å². The van der Waals surface area contributed by atoms with E-state index in [0.717, 1.165) is 18.0 Å². The van der Waals surface area contributed by atoms with Gasteiger partial charge in [-0.15, -0.1) is 0 Å². The average Bonchev–Trinajstić information content (AvgIpc) is 1.85. The second-order valence-electron chi connectivity index (χ2n) is 4.31. The highest BCUT2D eigenvalue weighted by Crippen LogP contribution is 2.23. The van der Waals surface area contributed by atoms with E-state index < -0.39 is 0 Å². The minimum absolute atomic E-state index is 0.734. The predicted molar refractivity (Wildman–Crippen MR) is 49.7 cm³/mol. The van der Waals surface area contributed by atoms with E-state index in [1.165, 1.54) is 19.4 Å². The van der Waals surface area contributed by atoms with Crippen LogP contribution < -0.4 is 0 Å².